The van der Waals surface area contributed by atoms with Gasteiger partial charge in [-0.1, -0.05) is 6.42 Å². The number of fused-ring (bicyclic) bond motifs is 1. The first kappa shape index (κ1) is 13.2. The number of methoxy groups -OCH3 is 1. The van der Waals surface area contributed by atoms with Gasteiger partial charge in [0.15, 0.2) is 23.2 Å². The summed E-state index contributed by atoms with van der Waals surface area (Å²) in [6.07, 6.45) is 5.38. The minimum Gasteiger partial charge on any atom is -0.494 e. The molecule has 1 fully saturated rings. The number of benzene rings is 1. The molecule has 1 aliphatic heterocycles. The van der Waals surface area contributed by atoms with Gasteiger partial charge >= 0.3 is 0 Å². The number of oxazole rings is 1. The normalized spacial score (nSPS) is 16.4. The molecule has 2 heterocycles. The van der Waals surface area contributed by atoms with Crippen molar-refractivity contribution in [3.8, 4) is 11.5 Å². The molecule has 1 saturated heterocycles. The van der Waals surface area contributed by atoms with E-state index < -0.39 is 0 Å². The number of nitrogens with zero attached hydrogens (tertiary/aromatic N) is 2. The molecule has 1 aromatic heterocycles. The Kier molecular flexibility index (Phi) is 4.06. The fourth-order valence-electron chi connectivity index (χ4n) is 2.65. The molecule has 2 aromatic rings. The molecule has 0 spiro atoms. The van der Waals surface area contributed by atoms with E-state index in [-0.39, 0.29) is 0 Å². The molecule has 3 rings (SSSR count). The molecule has 5 nitrogen and oxygen atoms in total. The maximum Gasteiger partial charge on any atom is 0.200 e. The molecule has 0 saturated carbocycles. The number of aromatic nitrogens is 1. The van der Waals surface area contributed by atoms with Crippen molar-refractivity contribution in [2.75, 3.05) is 33.4 Å². The Morgan fingerprint density at radius 1 is 1.20 bits per heavy atom. The van der Waals surface area contributed by atoms with Crippen molar-refractivity contribution in [2.45, 2.75) is 19.3 Å². The lowest BCUT2D eigenvalue weighted by molar-refractivity contribution is 0.183. The highest BCUT2D eigenvalue weighted by Gasteiger charge is 2.13. The van der Waals surface area contributed by atoms with Gasteiger partial charge in [0.25, 0.3) is 0 Å². The average molecular weight is 276 g/mol. The van der Waals surface area contributed by atoms with Gasteiger partial charge in [-0.3, -0.25) is 4.90 Å². The van der Waals surface area contributed by atoms with E-state index in [4.69, 9.17) is 13.9 Å². The van der Waals surface area contributed by atoms with Crippen LogP contribution in [0.3, 0.4) is 0 Å². The van der Waals surface area contributed by atoms with Crippen LogP contribution in [0, 0.1) is 0 Å². The van der Waals surface area contributed by atoms with Gasteiger partial charge in [-0.2, -0.15) is 0 Å². The van der Waals surface area contributed by atoms with Crippen LogP contribution < -0.4 is 9.47 Å². The molecule has 0 bridgehead atoms. The standard InChI is InChI=1S/C15H20N2O3/c1-18-12-5-6-13(15-14(12)16-11-20-15)19-10-9-17-7-3-2-4-8-17/h5-6,11H,2-4,7-10H2,1H3. The number of likely N-dealkylation sites (tertiary alicyclic amines) is 1. The minimum absolute atomic E-state index is 0.656. The number of rotatable bonds is 5. The third-order valence-corrected chi connectivity index (χ3v) is 3.74. The Labute approximate surface area is 118 Å². The zero-order chi connectivity index (χ0) is 13.8. The van der Waals surface area contributed by atoms with Gasteiger partial charge in [-0.25, -0.2) is 4.98 Å². The summed E-state index contributed by atoms with van der Waals surface area (Å²) in [5, 5.41) is 0. The third kappa shape index (κ3) is 2.72. The largest absolute Gasteiger partial charge is 0.494 e. The van der Waals surface area contributed by atoms with Crippen molar-refractivity contribution in [2.24, 2.45) is 0 Å². The maximum atomic E-state index is 5.85. The molecular weight excluding hydrogens is 256 g/mol. The van der Waals surface area contributed by atoms with Crippen LogP contribution in [0.4, 0.5) is 0 Å². The summed E-state index contributed by atoms with van der Waals surface area (Å²) < 4.78 is 16.5. The van der Waals surface area contributed by atoms with Crippen LogP contribution in [0.1, 0.15) is 19.3 Å². The molecule has 1 aromatic carbocycles. The molecule has 0 unspecified atom stereocenters. The molecule has 0 atom stereocenters. The molecular formula is C15H20N2O3. The highest BCUT2D eigenvalue weighted by molar-refractivity contribution is 5.84. The summed E-state index contributed by atoms with van der Waals surface area (Å²) in [7, 11) is 1.63. The Morgan fingerprint density at radius 3 is 2.80 bits per heavy atom. The molecule has 20 heavy (non-hydrogen) atoms. The van der Waals surface area contributed by atoms with Gasteiger partial charge in [0.2, 0.25) is 0 Å². The molecule has 1 aliphatic rings. The number of hydrogen-bond donors (Lipinski definition) is 0. The van der Waals surface area contributed by atoms with Gasteiger partial charge in [0.05, 0.1) is 7.11 Å². The van der Waals surface area contributed by atoms with Crippen molar-refractivity contribution in [3.63, 3.8) is 0 Å². The van der Waals surface area contributed by atoms with E-state index in [2.05, 4.69) is 9.88 Å². The van der Waals surface area contributed by atoms with Gasteiger partial charge in [0, 0.05) is 6.54 Å². The quantitative estimate of drug-likeness (QED) is 0.840. The van der Waals surface area contributed by atoms with Crippen molar-refractivity contribution >= 4 is 11.1 Å². The van der Waals surface area contributed by atoms with Crippen LogP contribution in [0.2, 0.25) is 0 Å². The van der Waals surface area contributed by atoms with Crippen molar-refractivity contribution in [1.82, 2.24) is 9.88 Å². The highest BCUT2D eigenvalue weighted by Crippen LogP contribution is 2.31. The predicted molar refractivity (Wildman–Crippen MR) is 76.3 cm³/mol. The van der Waals surface area contributed by atoms with Crippen molar-refractivity contribution in [1.29, 1.82) is 0 Å². The minimum atomic E-state index is 0.656. The van der Waals surface area contributed by atoms with Crippen LogP contribution in [-0.4, -0.2) is 43.2 Å². The van der Waals surface area contributed by atoms with Crippen LogP contribution in [-0.2, 0) is 0 Å². The highest BCUT2D eigenvalue weighted by atomic mass is 16.5. The Hall–Kier alpha value is -1.75. The second-order valence-electron chi connectivity index (χ2n) is 5.05. The summed E-state index contributed by atoms with van der Waals surface area (Å²) in [5.41, 5.74) is 1.37. The van der Waals surface area contributed by atoms with Gasteiger partial charge in [-0.05, 0) is 38.1 Å². The summed E-state index contributed by atoms with van der Waals surface area (Å²) in [5.74, 6) is 1.44. The van der Waals surface area contributed by atoms with Gasteiger partial charge in [0.1, 0.15) is 12.4 Å². The van der Waals surface area contributed by atoms with E-state index in [0.29, 0.717) is 23.5 Å². The Morgan fingerprint density at radius 2 is 2.00 bits per heavy atom. The molecule has 0 amide bonds. The van der Waals surface area contributed by atoms with E-state index in [1.54, 1.807) is 7.11 Å². The van der Waals surface area contributed by atoms with E-state index in [9.17, 15) is 0 Å². The topological polar surface area (TPSA) is 47.7 Å². The van der Waals surface area contributed by atoms with E-state index in [1.165, 1.54) is 38.7 Å². The van der Waals surface area contributed by atoms with Gasteiger partial charge in [-0.15, -0.1) is 0 Å². The van der Waals surface area contributed by atoms with Gasteiger partial charge < -0.3 is 13.9 Å². The lowest BCUT2D eigenvalue weighted by Gasteiger charge is -2.26. The third-order valence-electron chi connectivity index (χ3n) is 3.74. The summed E-state index contributed by atoms with van der Waals surface area (Å²) in [6.45, 7) is 4.00. The number of ether oxygens (including phenoxy) is 2. The Bertz CT molecular complexity index is 561. The first-order valence-corrected chi connectivity index (χ1v) is 7.14. The lowest BCUT2D eigenvalue weighted by Crippen LogP contribution is -2.33. The van der Waals surface area contributed by atoms with Crippen LogP contribution in [0.15, 0.2) is 22.9 Å². The summed E-state index contributed by atoms with van der Waals surface area (Å²) in [4.78, 5) is 6.62. The molecule has 108 valence electrons. The zero-order valence-electron chi connectivity index (χ0n) is 11.8. The summed E-state index contributed by atoms with van der Waals surface area (Å²) >= 11 is 0. The summed E-state index contributed by atoms with van der Waals surface area (Å²) in [6, 6.07) is 3.74. The molecule has 5 heteroatoms. The second-order valence-corrected chi connectivity index (χ2v) is 5.05. The molecule has 0 radical (unpaired) electrons. The smallest absolute Gasteiger partial charge is 0.200 e. The van der Waals surface area contributed by atoms with Crippen molar-refractivity contribution < 1.29 is 13.9 Å². The monoisotopic (exact) mass is 276 g/mol. The SMILES string of the molecule is COc1ccc(OCCN2CCCCC2)c2ocnc12. The predicted octanol–water partition coefficient (Wildman–Crippen LogP) is 2.70. The van der Waals surface area contributed by atoms with Crippen LogP contribution >= 0.6 is 0 Å². The average Bonchev–Trinajstić information content (AvgIpc) is 2.98. The Balaban J connectivity index is 1.64. The van der Waals surface area contributed by atoms with Crippen molar-refractivity contribution in [3.05, 3.63) is 18.5 Å². The fourth-order valence-corrected chi connectivity index (χ4v) is 2.65. The first-order chi connectivity index (χ1) is 9.88. The van der Waals surface area contributed by atoms with E-state index >= 15 is 0 Å². The second kappa shape index (κ2) is 6.13. The molecule has 0 aliphatic carbocycles. The maximum absolute atomic E-state index is 5.85. The van der Waals surface area contributed by atoms with E-state index in [0.717, 1.165) is 12.3 Å². The van der Waals surface area contributed by atoms with Crippen LogP contribution in [0.5, 0.6) is 11.5 Å². The number of hydrogen-bond acceptors (Lipinski definition) is 5. The first-order valence-electron chi connectivity index (χ1n) is 7.14. The number of piperidine rings is 1. The zero-order valence-corrected chi connectivity index (χ0v) is 11.8. The fraction of sp³-hybridized carbons (Fsp3) is 0.533. The lowest BCUT2D eigenvalue weighted by atomic mass is 10.1. The van der Waals surface area contributed by atoms with Crippen LogP contribution in [0.25, 0.3) is 11.1 Å². The van der Waals surface area contributed by atoms with E-state index in [1.807, 2.05) is 12.1 Å². The molecule has 0 N–H and O–H groups in total.